The molecule has 1 atom stereocenters. The second-order valence-corrected chi connectivity index (χ2v) is 7.30. The molecule has 5 heteroatoms. The molecule has 166 valence electrons. The van der Waals surface area contributed by atoms with E-state index in [1.54, 1.807) is 19.9 Å². The van der Waals surface area contributed by atoms with Crippen LogP contribution < -0.4 is 0 Å². The van der Waals surface area contributed by atoms with Crippen molar-refractivity contribution in [3.8, 4) is 0 Å². The standard InChI is InChI=1S/C22H27NO3.C2H6.CH3Br/c1-11-9-10-12(2)21(23(25)26)19(11)18(8)22(24)20-16(6)14(4)13(3)15(5)17(20)7;2*1-2/h9-10,18H,1-8H3;1-2H3;1H3. The first-order chi connectivity index (χ1) is 14.0. The molecule has 0 radical (unpaired) electrons. The maximum atomic E-state index is 13.4. The number of ketones is 1. The zero-order valence-electron chi connectivity index (χ0n) is 20.3. The third-order valence-corrected chi connectivity index (χ3v) is 5.89. The molecule has 0 saturated heterocycles. The lowest BCUT2D eigenvalue weighted by atomic mass is 9.81. The third-order valence-electron chi connectivity index (χ3n) is 5.89. The van der Waals surface area contributed by atoms with Gasteiger partial charge in [0, 0.05) is 16.7 Å². The average molecular weight is 478 g/mol. The Morgan fingerprint density at radius 2 is 1.20 bits per heavy atom. The van der Waals surface area contributed by atoms with Crippen molar-refractivity contribution >= 4 is 27.4 Å². The number of halogens is 1. The number of Topliss-reactive ketones (excluding diaryl/α,β-unsaturated/α-hetero) is 1. The van der Waals surface area contributed by atoms with Crippen LogP contribution in [0.25, 0.3) is 0 Å². The molecule has 0 spiro atoms. The van der Waals surface area contributed by atoms with E-state index in [2.05, 4.69) is 22.9 Å². The van der Waals surface area contributed by atoms with Crippen LogP contribution in [0.4, 0.5) is 5.69 Å². The highest BCUT2D eigenvalue weighted by atomic mass is 79.9. The van der Waals surface area contributed by atoms with Gasteiger partial charge in [0.15, 0.2) is 5.78 Å². The lowest BCUT2D eigenvalue weighted by Gasteiger charge is -2.21. The molecule has 4 nitrogen and oxygen atoms in total. The van der Waals surface area contributed by atoms with Crippen molar-refractivity contribution in [3.05, 3.63) is 72.3 Å². The minimum absolute atomic E-state index is 0.0528. The molecule has 0 fully saturated rings. The number of nitro benzene ring substituents is 1. The van der Waals surface area contributed by atoms with Crippen molar-refractivity contribution in [1.82, 2.24) is 0 Å². The number of benzene rings is 2. The van der Waals surface area contributed by atoms with Gasteiger partial charge >= 0.3 is 0 Å². The first-order valence-electron chi connectivity index (χ1n) is 10.2. The summed E-state index contributed by atoms with van der Waals surface area (Å²) in [5, 5.41) is 11.6. The number of alkyl halides is 1. The van der Waals surface area contributed by atoms with Crippen LogP contribution in [-0.2, 0) is 0 Å². The van der Waals surface area contributed by atoms with E-state index in [1.807, 2.05) is 60.4 Å². The second kappa shape index (κ2) is 12.0. The molecule has 0 aromatic heterocycles. The van der Waals surface area contributed by atoms with E-state index in [4.69, 9.17) is 0 Å². The van der Waals surface area contributed by atoms with Crippen LogP contribution in [0.1, 0.15) is 81.6 Å². The molecule has 1 unspecified atom stereocenters. The normalized spacial score (nSPS) is 10.9. The summed E-state index contributed by atoms with van der Waals surface area (Å²) in [7, 11) is 0. The summed E-state index contributed by atoms with van der Waals surface area (Å²) in [4.78, 5) is 24.7. The number of carbonyl (C=O) groups is 1. The van der Waals surface area contributed by atoms with Crippen molar-refractivity contribution < 1.29 is 9.72 Å². The molecule has 0 amide bonds. The highest BCUT2D eigenvalue weighted by Gasteiger charge is 2.30. The van der Waals surface area contributed by atoms with Crippen LogP contribution in [0, 0.1) is 58.6 Å². The Kier molecular flexibility index (Phi) is 11.2. The van der Waals surface area contributed by atoms with Crippen LogP contribution in [0.15, 0.2) is 12.1 Å². The highest BCUT2D eigenvalue weighted by Crippen LogP contribution is 2.36. The van der Waals surface area contributed by atoms with E-state index < -0.39 is 5.92 Å². The molecule has 0 aliphatic rings. The van der Waals surface area contributed by atoms with E-state index in [-0.39, 0.29) is 16.4 Å². The second-order valence-electron chi connectivity index (χ2n) is 7.30. The molecule has 0 heterocycles. The Morgan fingerprint density at radius 1 is 0.833 bits per heavy atom. The number of hydrogen-bond donors (Lipinski definition) is 0. The highest BCUT2D eigenvalue weighted by molar-refractivity contribution is 9.08. The van der Waals surface area contributed by atoms with E-state index in [0.717, 1.165) is 27.8 Å². The molecular formula is C25H36BrNO3. The molecule has 0 aliphatic heterocycles. The van der Waals surface area contributed by atoms with Gasteiger partial charge in [0.25, 0.3) is 5.69 Å². The SMILES string of the molecule is CBr.CC.Cc1ccc(C)c([N+](=O)[O-])c1C(C)C(=O)c1c(C)c(C)c(C)c(C)c1C. The van der Waals surface area contributed by atoms with E-state index >= 15 is 0 Å². The maximum absolute atomic E-state index is 13.4. The van der Waals surface area contributed by atoms with Gasteiger partial charge in [0.05, 0.1) is 10.8 Å². The fourth-order valence-corrected chi connectivity index (χ4v) is 3.82. The fraction of sp³-hybridized carbons (Fsp3) is 0.480. The van der Waals surface area contributed by atoms with Crippen molar-refractivity contribution in [2.24, 2.45) is 0 Å². The third kappa shape index (κ3) is 5.37. The minimum Gasteiger partial charge on any atom is -0.293 e. The van der Waals surface area contributed by atoms with Gasteiger partial charge in [-0.3, -0.25) is 14.9 Å². The Balaban J connectivity index is 0.00000198. The molecule has 30 heavy (non-hydrogen) atoms. The summed E-state index contributed by atoms with van der Waals surface area (Å²) in [5.74, 6) is 1.18. The van der Waals surface area contributed by atoms with Gasteiger partial charge in [0.2, 0.25) is 0 Å². The Hall–Kier alpha value is -2.01. The fourth-order valence-electron chi connectivity index (χ4n) is 3.82. The number of nitrogens with zero attached hydrogens (tertiary/aromatic N) is 1. The first kappa shape index (κ1) is 28.0. The Morgan fingerprint density at radius 3 is 1.60 bits per heavy atom. The van der Waals surface area contributed by atoms with Gasteiger partial charge in [-0.2, -0.15) is 0 Å². The number of aryl methyl sites for hydroxylation is 2. The monoisotopic (exact) mass is 477 g/mol. The first-order valence-corrected chi connectivity index (χ1v) is 11.8. The summed E-state index contributed by atoms with van der Waals surface area (Å²) in [6.07, 6.45) is 0. The minimum atomic E-state index is -0.575. The molecule has 2 aromatic rings. The molecule has 0 N–H and O–H groups in total. The Labute approximate surface area is 190 Å². The predicted molar refractivity (Wildman–Crippen MR) is 132 cm³/mol. The van der Waals surface area contributed by atoms with Crippen molar-refractivity contribution in [2.45, 2.75) is 75.2 Å². The Bertz CT molecular complexity index is 904. The number of hydrogen-bond acceptors (Lipinski definition) is 3. The molecule has 0 saturated carbocycles. The number of carbonyl (C=O) groups excluding carboxylic acids is 1. The average Bonchev–Trinajstić information content (AvgIpc) is 2.74. The van der Waals surface area contributed by atoms with Gasteiger partial charge in [-0.1, -0.05) is 48.8 Å². The zero-order valence-corrected chi connectivity index (χ0v) is 21.9. The molecular weight excluding hydrogens is 442 g/mol. The van der Waals surface area contributed by atoms with Crippen molar-refractivity contribution in [3.63, 3.8) is 0 Å². The number of rotatable bonds is 4. The van der Waals surface area contributed by atoms with Gasteiger partial charge in [0.1, 0.15) is 0 Å². The van der Waals surface area contributed by atoms with E-state index in [9.17, 15) is 14.9 Å². The molecule has 0 bridgehead atoms. The van der Waals surface area contributed by atoms with Crippen LogP contribution in [0.3, 0.4) is 0 Å². The van der Waals surface area contributed by atoms with E-state index in [0.29, 0.717) is 16.7 Å². The van der Waals surface area contributed by atoms with Gasteiger partial charge in [-0.15, -0.1) is 0 Å². The summed E-state index contributed by atoms with van der Waals surface area (Å²) < 4.78 is 0. The quantitative estimate of drug-likeness (QED) is 0.195. The summed E-state index contributed by atoms with van der Waals surface area (Å²) in [6.45, 7) is 19.4. The summed E-state index contributed by atoms with van der Waals surface area (Å²) in [6, 6.07) is 3.59. The largest absolute Gasteiger partial charge is 0.293 e. The molecule has 2 aromatic carbocycles. The van der Waals surface area contributed by atoms with Gasteiger partial charge < -0.3 is 0 Å². The van der Waals surface area contributed by atoms with Crippen LogP contribution in [-0.4, -0.2) is 16.5 Å². The smallest absolute Gasteiger partial charge is 0.276 e. The number of nitro groups is 1. The molecule has 2 rings (SSSR count). The summed E-state index contributed by atoms with van der Waals surface area (Å²) in [5.41, 5.74) is 8.00. The van der Waals surface area contributed by atoms with E-state index in [1.165, 1.54) is 5.56 Å². The van der Waals surface area contributed by atoms with Gasteiger partial charge in [-0.05, 0) is 87.7 Å². The van der Waals surface area contributed by atoms with Crippen LogP contribution in [0.2, 0.25) is 0 Å². The van der Waals surface area contributed by atoms with Crippen molar-refractivity contribution in [1.29, 1.82) is 0 Å². The maximum Gasteiger partial charge on any atom is 0.276 e. The lowest BCUT2D eigenvalue weighted by Crippen LogP contribution is -2.17. The zero-order chi connectivity index (χ0) is 23.9. The topological polar surface area (TPSA) is 60.2 Å². The predicted octanol–water partition coefficient (Wildman–Crippen LogP) is 7.78. The molecule has 0 aliphatic carbocycles. The van der Waals surface area contributed by atoms with Gasteiger partial charge in [-0.25, -0.2) is 0 Å². The van der Waals surface area contributed by atoms with Crippen LogP contribution >= 0.6 is 15.9 Å². The summed E-state index contributed by atoms with van der Waals surface area (Å²) >= 11 is 2.94. The van der Waals surface area contributed by atoms with Crippen molar-refractivity contribution in [2.75, 3.05) is 5.83 Å². The van der Waals surface area contributed by atoms with Crippen LogP contribution in [0.5, 0.6) is 0 Å². The lowest BCUT2D eigenvalue weighted by molar-refractivity contribution is -0.386.